The van der Waals surface area contributed by atoms with Crippen LogP contribution in [0.4, 0.5) is 18.9 Å². The van der Waals surface area contributed by atoms with E-state index in [1.54, 1.807) is 24.3 Å². The molecule has 10 heteroatoms. The third-order valence-electron chi connectivity index (χ3n) is 5.29. The molecule has 3 rings (SSSR count). The number of para-hydroxylation sites is 2. The second kappa shape index (κ2) is 8.30. The van der Waals surface area contributed by atoms with Crippen LogP contribution in [0.25, 0.3) is 0 Å². The van der Waals surface area contributed by atoms with Gasteiger partial charge in [-0.25, -0.2) is 0 Å². The lowest BCUT2D eigenvalue weighted by molar-refractivity contribution is -0.195. The SMILES string of the molecule is COc1ccccc1NC(=O)CC1C(=O)NC2CCCCC2N1C(=O)C(F)(F)F. The first-order chi connectivity index (χ1) is 13.7. The van der Waals surface area contributed by atoms with Crippen LogP contribution in [0.5, 0.6) is 5.75 Å². The number of nitrogens with one attached hydrogen (secondary N) is 2. The number of anilines is 1. The number of ether oxygens (including phenoxy) is 1. The molecule has 1 saturated carbocycles. The lowest BCUT2D eigenvalue weighted by Gasteiger charge is -2.48. The van der Waals surface area contributed by atoms with Gasteiger partial charge in [-0.05, 0) is 25.0 Å². The molecule has 29 heavy (non-hydrogen) atoms. The van der Waals surface area contributed by atoms with Crippen molar-refractivity contribution >= 4 is 23.4 Å². The van der Waals surface area contributed by atoms with Gasteiger partial charge in [-0.1, -0.05) is 25.0 Å². The van der Waals surface area contributed by atoms with E-state index in [-0.39, 0.29) is 0 Å². The van der Waals surface area contributed by atoms with E-state index in [0.717, 1.165) is 6.42 Å². The normalized spacial score (nSPS) is 24.3. The Labute approximate surface area is 165 Å². The van der Waals surface area contributed by atoms with Crippen molar-refractivity contribution in [3.63, 3.8) is 0 Å². The molecule has 2 fully saturated rings. The molecule has 1 saturated heterocycles. The number of amides is 3. The fourth-order valence-corrected chi connectivity index (χ4v) is 4.00. The average Bonchev–Trinajstić information content (AvgIpc) is 2.67. The Kier molecular flexibility index (Phi) is 5.99. The van der Waals surface area contributed by atoms with E-state index in [1.807, 2.05) is 0 Å². The molecule has 0 radical (unpaired) electrons. The highest BCUT2D eigenvalue weighted by Crippen LogP contribution is 2.33. The van der Waals surface area contributed by atoms with Gasteiger partial charge in [0.15, 0.2) is 0 Å². The maximum atomic E-state index is 13.2. The monoisotopic (exact) mass is 413 g/mol. The molecule has 1 heterocycles. The number of benzene rings is 1. The van der Waals surface area contributed by atoms with Crippen molar-refractivity contribution in [2.24, 2.45) is 0 Å². The molecule has 2 aliphatic rings. The molecule has 3 amide bonds. The van der Waals surface area contributed by atoms with Gasteiger partial charge in [-0.15, -0.1) is 0 Å². The molecule has 7 nitrogen and oxygen atoms in total. The van der Waals surface area contributed by atoms with Gasteiger partial charge < -0.3 is 20.3 Å². The van der Waals surface area contributed by atoms with E-state index >= 15 is 0 Å². The Balaban J connectivity index is 1.83. The number of alkyl halides is 3. The molecule has 0 spiro atoms. The van der Waals surface area contributed by atoms with Gasteiger partial charge in [-0.3, -0.25) is 14.4 Å². The smallest absolute Gasteiger partial charge is 0.471 e. The van der Waals surface area contributed by atoms with Crippen LogP contribution in [-0.2, 0) is 14.4 Å². The number of carbonyl (C=O) groups excluding carboxylic acids is 3. The summed E-state index contributed by atoms with van der Waals surface area (Å²) in [5.74, 6) is -3.16. The number of methoxy groups -OCH3 is 1. The second-order valence-electron chi connectivity index (χ2n) is 7.15. The molecular weight excluding hydrogens is 391 g/mol. The van der Waals surface area contributed by atoms with Crippen molar-refractivity contribution in [2.75, 3.05) is 12.4 Å². The van der Waals surface area contributed by atoms with Crippen LogP contribution in [0, 0.1) is 0 Å². The van der Waals surface area contributed by atoms with Crippen LogP contribution < -0.4 is 15.4 Å². The van der Waals surface area contributed by atoms with Crippen molar-refractivity contribution < 1.29 is 32.3 Å². The van der Waals surface area contributed by atoms with Gasteiger partial charge in [0.2, 0.25) is 11.8 Å². The number of piperazine rings is 1. The highest BCUT2D eigenvalue weighted by Gasteiger charge is 2.53. The van der Waals surface area contributed by atoms with E-state index in [0.29, 0.717) is 35.6 Å². The fraction of sp³-hybridized carbons (Fsp3) is 0.526. The summed E-state index contributed by atoms with van der Waals surface area (Å²) in [7, 11) is 1.41. The Hall–Kier alpha value is -2.78. The summed E-state index contributed by atoms with van der Waals surface area (Å²) in [4.78, 5) is 37.7. The summed E-state index contributed by atoms with van der Waals surface area (Å²) in [5.41, 5.74) is 0.320. The summed E-state index contributed by atoms with van der Waals surface area (Å²) in [6.07, 6.45) is -3.46. The van der Waals surface area contributed by atoms with Gasteiger partial charge in [0, 0.05) is 6.04 Å². The third-order valence-corrected chi connectivity index (χ3v) is 5.29. The second-order valence-corrected chi connectivity index (χ2v) is 7.15. The Morgan fingerprint density at radius 1 is 1.24 bits per heavy atom. The minimum Gasteiger partial charge on any atom is -0.495 e. The molecule has 158 valence electrons. The van der Waals surface area contributed by atoms with Gasteiger partial charge in [0.05, 0.1) is 25.3 Å². The van der Waals surface area contributed by atoms with Gasteiger partial charge in [-0.2, -0.15) is 13.2 Å². The van der Waals surface area contributed by atoms with Crippen LogP contribution in [0.1, 0.15) is 32.1 Å². The van der Waals surface area contributed by atoms with Crippen LogP contribution in [0.3, 0.4) is 0 Å². The molecule has 0 aromatic heterocycles. The van der Waals surface area contributed by atoms with Crippen molar-refractivity contribution in [1.29, 1.82) is 0 Å². The minimum absolute atomic E-state index is 0.320. The molecule has 1 aliphatic carbocycles. The predicted molar refractivity (Wildman–Crippen MR) is 97.1 cm³/mol. The van der Waals surface area contributed by atoms with E-state index in [4.69, 9.17) is 4.74 Å². The van der Waals surface area contributed by atoms with Crippen molar-refractivity contribution in [3.8, 4) is 5.75 Å². The Morgan fingerprint density at radius 2 is 1.93 bits per heavy atom. The van der Waals surface area contributed by atoms with Crippen molar-refractivity contribution in [3.05, 3.63) is 24.3 Å². The van der Waals surface area contributed by atoms with Crippen LogP contribution in [-0.4, -0.2) is 54.0 Å². The van der Waals surface area contributed by atoms with Crippen molar-refractivity contribution in [1.82, 2.24) is 10.2 Å². The number of carbonyl (C=O) groups is 3. The first-order valence-corrected chi connectivity index (χ1v) is 9.35. The molecule has 2 N–H and O–H groups in total. The van der Waals surface area contributed by atoms with Gasteiger partial charge in [0.1, 0.15) is 11.8 Å². The molecule has 3 unspecified atom stereocenters. The highest BCUT2D eigenvalue weighted by molar-refractivity contribution is 5.99. The van der Waals surface area contributed by atoms with E-state index in [2.05, 4.69) is 10.6 Å². The number of halogens is 3. The highest BCUT2D eigenvalue weighted by atomic mass is 19.4. The Bertz CT molecular complexity index is 799. The Morgan fingerprint density at radius 3 is 2.62 bits per heavy atom. The van der Waals surface area contributed by atoms with Gasteiger partial charge in [0.25, 0.3) is 0 Å². The standard InChI is InChI=1S/C19H22F3N3O4/c1-29-15-9-5-3-7-12(15)23-16(26)10-14-17(27)24-11-6-2-4-8-13(11)25(14)18(28)19(20,21)22/h3,5,7,9,11,13-14H,2,4,6,8,10H2,1H3,(H,23,26)(H,24,27). The van der Waals surface area contributed by atoms with Gasteiger partial charge >= 0.3 is 12.1 Å². The molecule has 0 bridgehead atoms. The zero-order valence-corrected chi connectivity index (χ0v) is 15.8. The number of hydrogen-bond donors (Lipinski definition) is 2. The summed E-state index contributed by atoms with van der Waals surface area (Å²) in [6.45, 7) is 0. The maximum Gasteiger partial charge on any atom is 0.471 e. The first kappa shape index (κ1) is 20.9. The van der Waals surface area contributed by atoms with Crippen LogP contribution in [0.2, 0.25) is 0 Å². The topological polar surface area (TPSA) is 87.7 Å². The average molecular weight is 413 g/mol. The summed E-state index contributed by atoms with van der Waals surface area (Å²) in [6, 6.07) is 3.67. The number of nitrogens with zero attached hydrogens (tertiary/aromatic N) is 1. The lowest BCUT2D eigenvalue weighted by atomic mass is 9.85. The number of rotatable bonds is 4. The molecule has 3 atom stereocenters. The molecular formula is C19H22F3N3O4. The number of hydrogen-bond acceptors (Lipinski definition) is 4. The first-order valence-electron chi connectivity index (χ1n) is 9.35. The van der Waals surface area contributed by atoms with Crippen LogP contribution >= 0.6 is 0 Å². The van der Waals surface area contributed by atoms with Crippen molar-refractivity contribution in [2.45, 2.75) is 56.4 Å². The maximum absolute atomic E-state index is 13.2. The summed E-state index contributed by atoms with van der Waals surface area (Å²) < 4.78 is 44.8. The number of fused-ring (bicyclic) bond motifs is 1. The largest absolute Gasteiger partial charge is 0.495 e. The molecule has 1 aromatic rings. The zero-order valence-electron chi connectivity index (χ0n) is 15.8. The fourth-order valence-electron chi connectivity index (χ4n) is 4.00. The van der Waals surface area contributed by atoms with E-state index < -0.39 is 48.4 Å². The zero-order chi connectivity index (χ0) is 21.2. The lowest BCUT2D eigenvalue weighted by Crippen LogP contribution is -2.69. The van der Waals surface area contributed by atoms with E-state index in [1.165, 1.54) is 7.11 Å². The summed E-state index contributed by atoms with van der Waals surface area (Å²) in [5, 5.41) is 5.23. The quantitative estimate of drug-likeness (QED) is 0.793. The predicted octanol–water partition coefficient (Wildman–Crippen LogP) is 2.22. The summed E-state index contributed by atoms with van der Waals surface area (Å²) >= 11 is 0. The molecule has 1 aromatic carbocycles. The van der Waals surface area contributed by atoms with E-state index in [9.17, 15) is 27.6 Å². The third kappa shape index (κ3) is 4.46. The molecule has 1 aliphatic heterocycles. The van der Waals surface area contributed by atoms with Crippen LogP contribution in [0.15, 0.2) is 24.3 Å². The minimum atomic E-state index is -5.13.